The maximum Gasteiger partial charge on any atom is 0.223 e. The monoisotopic (exact) mass is 382 g/mol. The predicted octanol–water partition coefficient (Wildman–Crippen LogP) is 3.76. The van der Waals surface area contributed by atoms with Crippen molar-refractivity contribution in [3.8, 4) is 10.6 Å². The van der Waals surface area contributed by atoms with Crippen LogP contribution in [0.3, 0.4) is 0 Å². The van der Waals surface area contributed by atoms with E-state index in [4.69, 9.17) is 0 Å². The minimum Gasteiger partial charge on any atom is -0.393 e. The van der Waals surface area contributed by atoms with Gasteiger partial charge < -0.3 is 15.7 Å². The average molecular weight is 382 g/mol. The third-order valence-electron chi connectivity index (χ3n) is 4.54. The molecule has 3 heterocycles. The molecule has 3 aromatic rings. The quantitative estimate of drug-likeness (QED) is 0.618. The summed E-state index contributed by atoms with van der Waals surface area (Å²) in [6.45, 7) is 1.97. The molecule has 0 atom stereocenters. The lowest BCUT2D eigenvalue weighted by Gasteiger charge is -2.26. The number of hydrogen-bond acceptors (Lipinski definition) is 8. The third-order valence-corrected chi connectivity index (χ3v) is 5.48. The molecule has 1 fully saturated rings. The van der Waals surface area contributed by atoms with E-state index in [1.54, 1.807) is 6.20 Å². The smallest absolute Gasteiger partial charge is 0.223 e. The Bertz CT molecular complexity index is 892. The molecule has 0 aliphatic heterocycles. The van der Waals surface area contributed by atoms with Gasteiger partial charge in [0.25, 0.3) is 0 Å². The SMILES string of the molecule is Cc1cc(-c2cnc(Nc3ccccn3)s2)nc(NC2CCC(O)CC2)n1. The van der Waals surface area contributed by atoms with Crippen LogP contribution in [0.15, 0.2) is 36.7 Å². The minimum absolute atomic E-state index is 0.167. The molecule has 0 saturated heterocycles. The molecule has 1 saturated carbocycles. The molecular weight excluding hydrogens is 360 g/mol. The Morgan fingerprint density at radius 1 is 1.11 bits per heavy atom. The van der Waals surface area contributed by atoms with Gasteiger partial charge >= 0.3 is 0 Å². The molecule has 3 aromatic heterocycles. The summed E-state index contributed by atoms with van der Waals surface area (Å²) in [5, 5.41) is 17.1. The van der Waals surface area contributed by atoms with Gasteiger partial charge in [-0.15, -0.1) is 0 Å². The van der Waals surface area contributed by atoms with Crippen molar-refractivity contribution in [1.29, 1.82) is 0 Å². The third kappa shape index (κ3) is 4.58. The number of aryl methyl sites for hydroxylation is 1. The first-order chi connectivity index (χ1) is 13.2. The Labute approximate surface area is 162 Å². The van der Waals surface area contributed by atoms with Gasteiger partial charge in [0.05, 0.1) is 16.7 Å². The van der Waals surface area contributed by atoms with Crippen LogP contribution in [0.4, 0.5) is 16.9 Å². The van der Waals surface area contributed by atoms with Crippen molar-refractivity contribution >= 4 is 28.2 Å². The summed E-state index contributed by atoms with van der Waals surface area (Å²) in [6, 6.07) is 7.99. The molecule has 0 aromatic carbocycles. The van der Waals surface area contributed by atoms with Crippen molar-refractivity contribution in [3.05, 3.63) is 42.4 Å². The molecule has 0 spiro atoms. The lowest BCUT2D eigenvalue weighted by molar-refractivity contribution is 0.126. The molecule has 0 radical (unpaired) electrons. The van der Waals surface area contributed by atoms with Gasteiger partial charge in [-0.25, -0.2) is 19.9 Å². The first-order valence-corrected chi connectivity index (χ1v) is 9.92. The highest BCUT2D eigenvalue weighted by molar-refractivity contribution is 7.18. The van der Waals surface area contributed by atoms with E-state index < -0.39 is 0 Å². The Morgan fingerprint density at radius 3 is 2.74 bits per heavy atom. The molecular formula is C19H22N6OS. The molecule has 0 amide bonds. The number of aromatic nitrogens is 4. The second kappa shape index (κ2) is 7.98. The molecule has 7 nitrogen and oxygen atoms in total. The van der Waals surface area contributed by atoms with E-state index in [1.165, 1.54) is 11.3 Å². The molecule has 0 unspecified atom stereocenters. The van der Waals surface area contributed by atoms with Crippen molar-refractivity contribution in [2.75, 3.05) is 10.6 Å². The van der Waals surface area contributed by atoms with Gasteiger partial charge in [-0.05, 0) is 50.8 Å². The Kier molecular flexibility index (Phi) is 5.26. The zero-order chi connectivity index (χ0) is 18.6. The largest absolute Gasteiger partial charge is 0.393 e. The zero-order valence-electron chi connectivity index (χ0n) is 15.1. The molecule has 8 heteroatoms. The van der Waals surface area contributed by atoms with Crippen LogP contribution in [0.5, 0.6) is 0 Å². The highest BCUT2D eigenvalue weighted by Crippen LogP contribution is 2.30. The number of anilines is 3. The molecule has 3 N–H and O–H groups in total. The second-order valence-electron chi connectivity index (χ2n) is 6.74. The Balaban J connectivity index is 1.49. The number of aliphatic hydroxyl groups excluding tert-OH is 1. The lowest BCUT2D eigenvalue weighted by atomic mass is 9.93. The van der Waals surface area contributed by atoms with Crippen LogP contribution in [0.2, 0.25) is 0 Å². The molecule has 0 bridgehead atoms. The van der Waals surface area contributed by atoms with Crippen molar-refractivity contribution in [2.24, 2.45) is 0 Å². The summed E-state index contributed by atoms with van der Waals surface area (Å²) in [5.41, 5.74) is 1.76. The number of pyridine rings is 1. The van der Waals surface area contributed by atoms with Crippen LogP contribution in [0, 0.1) is 6.92 Å². The van der Waals surface area contributed by atoms with Gasteiger partial charge in [0.2, 0.25) is 5.95 Å². The standard InChI is InChI=1S/C19H22N6OS/c1-12-10-15(24-18(22-12)23-13-5-7-14(26)8-6-13)16-11-21-19(27-16)25-17-4-2-3-9-20-17/h2-4,9-11,13-14,26H,5-8H2,1H3,(H,20,21,25)(H,22,23,24). The molecule has 27 heavy (non-hydrogen) atoms. The van der Waals surface area contributed by atoms with Crippen molar-refractivity contribution in [2.45, 2.75) is 44.8 Å². The molecule has 140 valence electrons. The topological polar surface area (TPSA) is 95.9 Å². The zero-order valence-corrected chi connectivity index (χ0v) is 15.9. The van der Waals surface area contributed by atoms with Gasteiger partial charge in [0.1, 0.15) is 5.82 Å². The molecule has 4 rings (SSSR count). The number of nitrogens with zero attached hydrogens (tertiary/aromatic N) is 4. The van der Waals surface area contributed by atoms with Gasteiger partial charge in [-0.2, -0.15) is 0 Å². The van der Waals surface area contributed by atoms with Crippen LogP contribution in [-0.4, -0.2) is 37.2 Å². The number of thiazole rings is 1. The van der Waals surface area contributed by atoms with Gasteiger partial charge in [-0.1, -0.05) is 17.4 Å². The maximum absolute atomic E-state index is 9.66. The van der Waals surface area contributed by atoms with E-state index in [0.29, 0.717) is 12.0 Å². The lowest BCUT2D eigenvalue weighted by Crippen LogP contribution is -2.29. The summed E-state index contributed by atoms with van der Waals surface area (Å²) in [7, 11) is 0. The van der Waals surface area contributed by atoms with Crippen LogP contribution in [0.1, 0.15) is 31.4 Å². The normalized spacial score (nSPS) is 19.6. The fourth-order valence-corrected chi connectivity index (χ4v) is 3.94. The minimum atomic E-state index is -0.167. The fraction of sp³-hybridized carbons (Fsp3) is 0.368. The van der Waals surface area contributed by atoms with E-state index >= 15 is 0 Å². The Morgan fingerprint density at radius 2 is 1.96 bits per heavy atom. The van der Waals surface area contributed by atoms with E-state index in [9.17, 15) is 5.11 Å². The van der Waals surface area contributed by atoms with E-state index in [1.807, 2.05) is 37.4 Å². The van der Waals surface area contributed by atoms with E-state index in [2.05, 4.69) is 30.6 Å². The number of hydrogen-bond donors (Lipinski definition) is 3. The fourth-order valence-electron chi connectivity index (χ4n) is 3.16. The summed E-state index contributed by atoms with van der Waals surface area (Å²) in [4.78, 5) is 18.9. The molecule has 1 aliphatic carbocycles. The summed E-state index contributed by atoms with van der Waals surface area (Å²) < 4.78 is 0. The number of nitrogens with one attached hydrogen (secondary N) is 2. The van der Waals surface area contributed by atoms with Crippen molar-refractivity contribution in [1.82, 2.24) is 19.9 Å². The summed E-state index contributed by atoms with van der Waals surface area (Å²) in [6.07, 6.45) is 6.92. The highest BCUT2D eigenvalue weighted by Gasteiger charge is 2.20. The summed E-state index contributed by atoms with van der Waals surface area (Å²) in [5.74, 6) is 1.40. The average Bonchev–Trinajstić information content (AvgIpc) is 3.13. The van der Waals surface area contributed by atoms with Crippen molar-refractivity contribution < 1.29 is 5.11 Å². The van der Waals surface area contributed by atoms with Crippen molar-refractivity contribution in [3.63, 3.8) is 0 Å². The highest BCUT2D eigenvalue weighted by atomic mass is 32.1. The van der Waals surface area contributed by atoms with Crippen LogP contribution < -0.4 is 10.6 Å². The van der Waals surface area contributed by atoms with Gasteiger partial charge in [0.15, 0.2) is 5.13 Å². The predicted molar refractivity (Wildman–Crippen MR) is 107 cm³/mol. The molecule has 1 aliphatic rings. The number of rotatable bonds is 5. The van der Waals surface area contributed by atoms with Crippen LogP contribution in [0.25, 0.3) is 10.6 Å². The first kappa shape index (κ1) is 17.8. The second-order valence-corrected chi connectivity index (χ2v) is 7.77. The van der Waals surface area contributed by atoms with Gasteiger partial charge in [-0.3, -0.25) is 0 Å². The van der Waals surface area contributed by atoms with Crippen LogP contribution in [-0.2, 0) is 0 Å². The van der Waals surface area contributed by atoms with Gasteiger partial charge in [0, 0.05) is 24.1 Å². The number of aliphatic hydroxyl groups is 1. The summed E-state index contributed by atoms with van der Waals surface area (Å²) >= 11 is 1.53. The van der Waals surface area contributed by atoms with E-state index in [0.717, 1.165) is 52.9 Å². The maximum atomic E-state index is 9.66. The van der Waals surface area contributed by atoms with Crippen LogP contribution >= 0.6 is 11.3 Å². The van der Waals surface area contributed by atoms with E-state index in [-0.39, 0.29) is 6.10 Å². The Hall–Kier alpha value is -2.58. The first-order valence-electron chi connectivity index (χ1n) is 9.10.